The second kappa shape index (κ2) is 6.63. The van der Waals surface area contributed by atoms with E-state index in [0.29, 0.717) is 11.8 Å². The van der Waals surface area contributed by atoms with Crippen LogP contribution in [-0.4, -0.2) is 41.7 Å². The van der Waals surface area contributed by atoms with Gasteiger partial charge in [-0.05, 0) is 6.42 Å². The first-order chi connectivity index (χ1) is 8.05. The highest BCUT2D eigenvalue weighted by molar-refractivity contribution is 8.13. The van der Waals surface area contributed by atoms with Crippen LogP contribution in [0.15, 0.2) is 0 Å². The lowest BCUT2D eigenvalue weighted by Crippen LogP contribution is -2.50. The molecule has 0 aromatic rings. The third kappa shape index (κ3) is 4.66. The van der Waals surface area contributed by atoms with Gasteiger partial charge in [0.1, 0.15) is 0 Å². The summed E-state index contributed by atoms with van der Waals surface area (Å²) < 4.78 is 88.0. The van der Waals surface area contributed by atoms with Crippen LogP contribution in [-0.2, 0) is 4.79 Å². The Labute approximate surface area is 103 Å². The summed E-state index contributed by atoms with van der Waals surface area (Å²) in [5.41, 5.74) is 0. The van der Waals surface area contributed by atoms with Crippen molar-refractivity contribution >= 4 is 16.9 Å². The first-order valence-corrected chi connectivity index (χ1v) is 5.77. The summed E-state index contributed by atoms with van der Waals surface area (Å²) in [4.78, 5) is 10.4. The van der Waals surface area contributed by atoms with Crippen molar-refractivity contribution in [3.8, 4) is 0 Å². The summed E-state index contributed by atoms with van der Waals surface area (Å²) in [7, 11) is 0. The molecule has 0 bridgehead atoms. The van der Waals surface area contributed by atoms with E-state index >= 15 is 0 Å². The van der Waals surface area contributed by atoms with Crippen LogP contribution in [0.5, 0.6) is 0 Å². The van der Waals surface area contributed by atoms with Crippen LogP contribution in [0.1, 0.15) is 13.3 Å². The van der Waals surface area contributed by atoms with Crippen LogP contribution in [0.3, 0.4) is 0 Å². The van der Waals surface area contributed by atoms with Gasteiger partial charge in [-0.2, -0.15) is 8.78 Å². The molecule has 0 aliphatic heterocycles. The molecular weight excluding hydrogens is 289 g/mol. The van der Waals surface area contributed by atoms with Gasteiger partial charge in [-0.25, -0.2) is 22.0 Å². The molecule has 0 amide bonds. The van der Waals surface area contributed by atoms with Crippen molar-refractivity contribution in [3.63, 3.8) is 0 Å². The molecule has 0 fully saturated rings. The summed E-state index contributed by atoms with van der Waals surface area (Å²) in [5, 5.41) is -0.476. The summed E-state index contributed by atoms with van der Waals surface area (Å²) in [6.07, 6.45) is -8.44. The molecular formula is C9H11F7OS. The molecule has 0 N–H and O–H groups in total. The van der Waals surface area contributed by atoms with E-state index in [1.54, 1.807) is 0 Å². The van der Waals surface area contributed by atoms with Crippen molar-refractivity contribution < 1.29 is 35.5 Å². The molecule has 0 radical (unpaired) electrons. The Morgan fingerprint density at radius 2 is 1.72 bits per heavy atom. The average Bonchev–Trinajstić information content (AvgIpc) is 2.27. The van der Waals surface area contributed by atoms with Gasteiger partial charge < -0.3 is 0 Å². The molecule has 0 rings (SSSR count). The number of carbonyl (C=O) groups is 1. The Morgan fingerprint density at radius 1 is 1.22 bits per heavy atom. The van der Waals surface area contributed by atoms with Crippen molar-refractivity contribution in [1.29, 1.82) is 0 Å². The third-order valence-electron chi connectivity index (χ3n) is 1.98. The molecule has 1 nitrogen and oxygen atoms in total. The maximum absolute atomic E-state index is 13.0. The van der Waals surface area contributed by atoms with Crippen LogP contribution in [0.4, 0.5) is 30.7 Å². The topological polar surface area (TPSA) is 17.1 Å². The normalized spacial score (nSPS) is 16.4. The van der Waals surface area contributed by atoms with Gasteiger partial charge in [0, 0.05) is 12.7 Å². The van der Waals surface area contributed by atoms with Crippen LogP contribution in [0, 0.1) is 0 Å². The zero-order chi connectivity index (χ0) is 14.6. The van der Waals surface area contributed by atoms with E-state index in [-0.39, 0.29) is 0 Å². The van der Waals surface area contributed by atoms with Gasteiger partial charge >= 0.3 is 11.8 Å². The van der Waals surface area contributed by atoms with E-state index in [1.165, 1.54) is 0 Å². The quantitative estimate of drug-likeness (QED) is 0.669. The average molecular weight is 300 g/mol. The fourth-order valence-electron chi connectivity index (χ4n) is 1.01. The zero-order valence-corrected chi connectivity index (χ0v) is 10.1. The zero-order valence-electron chi connectivity index (χ0n) is 9.24. The van der Waals surface area contributed by atoms with Gasteiger partial charge in [0.2, 0.25) is 6.17 Å². The van der Waals surface area contributed by atoms with Crippen molar-refractivity contribution in [1.82, 2.24) is 0 Å². The number of rotatable bonds is 7. The molecule has 0 aromatic heterocycles. The predicted octanol–water partition coefficient (Wildman–Crippen LogP) is 3.57. The summed E-state index contributed by atoms with van der Waals surface area (Å²) in [6.45, 7) is -1.54. The Bertz CT molecular complexity index is 284. The molecule has 108 valence electrons. The first kappa shape index (κ1) is 17.5. The number of carbonyl (C=O) groups excluding carboxylic acids is 1. The minimum absolute atomic E-state index is 0.403. The summed E-state index contributed by atoms with van der Waals surface area (Å²) >= 11 is 0.504. The van der Waals surface area contributed by atoms with Gasteiger partial charge in [-0.3, -0.25) is 4.79 Å². The van der Waals surface area contributed by atoms with Crippen molar-refractivity contribution in [2.75, 3.05) is 12.4 Å². The maximum atomic E-state index is 13.0. The second-order valence-corrected chi connectivity index (χ2v) is 4.80. The number of alkyl halides is 7. The number of hydrogen-bond donors (Lipinski definition) is 0. The molecule has 0 saturated carbocycles. The minimum Gasteiger partial charge on any atom is -0.288 e. The predicted molar refractivity (Wildman–Crippen MR) is 53.4 cm³/mol. The summed E-state index contributed by atoms with van der Waals surface area (Å²) in [5.74, 6) is -10.4. The first-order valence-electron chi connectivity index (χ1n) is 4.78. The molecule has 2 unspecified atom stereocenters. The molecule has 0 aliphatic rings. The molecule has 0 spiro atoms. The van der Waals surface area contributed by atoms with E-state index in [9.17, 15) is 35.5 Å². The van der Waals surface area contributed by atoms with Gasteiger partial charge in [0.15, 0.2) is 18.0 Å². The van der Waals surface area contributed by atoms with Crippen molar-refractivity contribution in [2.24, 2.45) is 0 Å². The van der Waals surface area contributed by atoms with Crippen molar-refractivity contribution in [3.05, 3.63) is 0 Å². The van der Waals surface area contributed by atoms with Gasteiger partial charge in [-0.1, -0.05) is 11.8 Å². The SMILES string of the molecule is CC(=O)SCCC(F)C(F)(F)C(F)C(F)(F)CF. The largest absolute Gasteiger partial charge is 0.315 e. The molecule has 0 heterocycles. The lowest BCUT2D eigenvalue weighted by Gasteiger charge is -2.28. The standard InChI is InChI=1S/C9H11F7OS/c1-5(17)18-3-2-6(11)9(15,16)7(12)8(13,14)4-10/h6-7H,2-4H2,1H3. The molecule has 18 heavy (non-hydrogen) atoms. The second-order valence-electron chi connectivity index (χ2n) is 3.53. The van der Waals surface area contributed by atoms with E-state index in [0.717, 1.165) is 6.92 Å². The van der Waals surface area contributed by atoms with E-state index in [1.807, 2.05) is 0 Å². The van der Waals surface area contributed by atoms with Gasteiger partial charge in [0.25, 0.3) is 0 Å². The molecule has 9 heteroatoms. The maximum Gasteiger partial charge on any atom is 0.315 e. The Balaban J connectivity index is 4.55. The number of thioether (sulfide) groups is 1. The highest BCUT2D eigenvalue weighted by Crippen LogP contribution is 2.39. The monoisotopic (exact) mass is 300 g/mol. The number of halogens is 7. The van der Waals surface area contributed by atoms with E-state index in [2.05, 4.69) is 0 Å². The van der Waals surface area contributed by atoms with Gasteiger partial charge in [0.05, 0.1) is 0 Å². The number of hydrogen-bond acceptors (Lipinski definition) is 2. The lowest BCUT2D eigenvalue weighted by atomic mass is 10.0. The van der Waals surface area contributed by atoms with Crippen LogP contribution >= 0.6 is 11.8 Å². The van der Waals surface area contributed by atoms with Gasteiger partial charge in [-0.15, -0.1) is 0 Å². The molecule has 2 atom stereocenters. The lowest BCUT2D eigenvalue weighted by molar-refractivity contribution is -0.211. The summed E-state index contributed by atoms with van der Waals surface area (Å²) in [6, 6.07) is 0. The minimum atomic E-state index is -5.01. The van der Waals surface area contributed by atoms with Crippen LogP contribution < -0.4 is 0 Å². The van der Waals surface area contributed by atoms with Crippen molar-refractivity contribution in [2.45, 2.75) is 37.5 Å². The van der Waals surface area contributed by atoms with E-state index in [4.69, 9.17) is 0 Å². The Kier molecular flexibility index (Phi) is 6.45. The highest BCUT2D eigenvalue weighted by Gasteiger charge is 2.60. The van der Waals surface area contributed by atoms with Crippen LogP contribution in [0.2, 0.25) is 0 Å². The highest BCUT2D eigenvalue weighted by atomic mass is 32.2. The Morgan fingerprint density at radius 3 is 2.11 bits per heavy atom. The fraction of sp³-hybridized carbons (Fsp3) is 0.889. The van der Waals surface area contributed by atoms with E-state index < -0.39 is 48.2 Å². The fourth-order valence-corrected chi connectivity index (χ4v) is 1.62. The van der Waals surface area contributed by atoms with Crippen LogP contribution in [0.25, 0.3) is 0 Å². The third-order valence-corrected chi connectivity index (χ3v) is 2.83. The Hall–Kier alpha value is -0.470. The smallest absolute Gasteiger partial charge is 0.288 e. The molecule has 0 aromatic carbocycles. The molecule has 0 aliphatic carbocycles. The molecule has 0 saturated heterocycles.